The van der Waals surface area contributed by atoms with Crippen LogP contribution in [0.15, 0.2) is 36.9 Å². The van der Waals surface area contributed by atoms with Crippen LogP contribution in [0.1, 0.15) is 23.1 Å². The fourth-order valence-corrected chi connectivity index (χ4v) is 3.03. The van der Waals surface area contributed by atoms with Crippen LogP contribution in [0.3, 0.4) is 0 Å². The van der Waals surface area contributed by atoms with Gasteiger partial charge in [0.1, 0.15) is 0 Å². The number of hydrogen-bond acceptors (Lipinski definition) is 3. The van der Waals surface area contributed by atoms with Crippen molar-refractivity contribution in [2.24, 2.45) is 0 Å². The van der Waals surface area contributed by atoms with E-state index < -0.39 is 0 Å². The summed E-state index contributed by atoms with van der Waals surface area (Å²) in [5.74, 6) is -0.0998. The molecule has 3 rings (SSSR count). The lowest BCUT2D eigenvalue weighted by atomic mass is 10.0. The van der Waals surface area contributed by atoms with E-state index >= 15 is 0 Å². The Hall–Kier alpha value is -2.69. The molecule has 0 aliphatic carbocycles. The lowest BCUT2D eigenvalue weighted by Gasteiger charge is -2.13. The first-order valence-corrected chi connectivity index (χ1v) is 8.13. The van der Waals surface area contributed by atoms with Gasteiger partial charge in [0.05, 0.1) is 12.0 Å². The summed E-state index contributed by atoms with van der Waals surface area (Å²) < 4.78 is 3.80. The Balaban J connectivity index is 1.93. The maximum Gasteiger partial charge on any atom is 0.235 e. The Morgan fingerprint density at radius 1 is 1.04 bits per heavy atom. The Bertz CT molecular complexity index is 848. The maximum atomic E-state index is 10.3. The summed E-state index contributed by atoms with van der Waals surface area (Å²) in [5, 5.41) is 20.5. The fraction of sp³-hybridized carbons (Fsp3) is 0.316. The molecule has 24 heavy (non-hydrogen) atoms. The Labute approximate surface area is 141 Å². The van der Waals surface area contributed by atoms with Crippen LogP contribution < -0.4 is 0 Å². The zero-order valence-electron chi connectivity index (χ0n) is 14.3. The highest BCUT2D eigenvalue weighted by Gasteiger charge is 2.20. The van der Waals surface area contributed by atoms with Gasteiger partial charge in [-0.25, -0.2) is 4.98 Å². The minimum absolute atomic E-state index is 0.0362. The lowest BCUT2D eigenvalue weighted by molar-refractivity contribution is 0.367. The van der Waals surface area contributed by atoms with E-state index in [-0.39, 0.29) is 11.6 Å². The third kappa shape index (κ3) is 2.89. The highest BCUT2D eigenvalue weighted by Crippen LogP contribution is 2.40. The predicted octanol–water partition coefficient (Wildman–Crippen LogP) is 3.78. The second kappa shape index (κ2) is 6.43. The monoisotopic (exact) mass is 325 g/mol. The van der Waals surface area contributed by atoms with E-state index in [1.807, 2.05) is 23.8 Å². The van der Waals surface area contributed by atoms with Crippen LogP contribution in [0.25, 0.3) is 11.3 Å². The van der Waals surface area contributed by atoms with Crippen LogP contribution >= 0.6 is 0 Å². The number of benzene rings is 1. The quantitative estimate of drug-likeness (QED) is 0.750. The third-order valence-corrected chi connectivity index (χ3v) is 4.59. The molecule has 0 amide bonds. The fourth-order valence-electron chi connectivity index (χ4n) is 3.03. The van der Waals surface area contributed by atoms with Crippen molar-refractivity contribution in [1.82, 2.24) is 14.1 Å². The van der Waals surface area contributed by atoms with Gasteiger partial charge in [-0.3, -0.25) is 0 Å². The van der Waals surface area contributed by atoms with Crippen LogP contribution in [0, 0.1) is 20.8 Å². The molecule has 0 aliphatic rings. The van der Waals surface area contributed by atoms with Crippen molar-refractivity contribution in [2.45, 2.75) is 40.3 Å². The molecule has 126 valence electrons. The molecule has 0 saturated carbocycles. The molecule has 2 N–H and O–H groups in total. The van der Waals surface area contributed by atoms with Gasteiger partial charge in [-0.05, 0) is 49.9 Å². The maximum absolute atomic E-state index is 10.3. The van der Waals surface area contributed by atoms with Gasteiger partial charge in [-0.1, -0.05) is 12.1 Å². The van der Waals surface area contributed by atoms with Crippen LogP contribution in [-0.4, -0.2) is 24.3 Å². The molecule has 0 aliphatic heterocycles. The SMILES string of the molecule is Cc1ccc(-c2c(C)c(O)c(O)n2CCCn2ccnc2)cc1C. The van der Waals surface area contributed by atoms with E-state index in [1.165, 1.54) is 11.1 Å². The summed E-state index contributed by atoms with van der Waals surface area (Å²) in [6, 6.07) is 6.21. The smallest absolute Gasteiger partial charge is 0.235 e. The van der Waals surface area contributed by atoms with Crippen molar-refractivity contribution in [2.75, 3.05) is 0 Å². The molecule has 1 aromatic carbocycles. The normalized spacial score (nSPS) is 11.1. The molecule has 3 aromatic rings. The van der Waals surface area contributed by atoms with Crippen LogP contribution in [0.5, 0.6) is 11.6 Å². The Morgan fingerprint density at radius 3 is 2.50 bits per heavy atom. The second-order valence-corrected chi connectivity index (χ2v) is 6.25. The molecule has 0 bridgehead atoms. The van der Waals surface area contributed by atoms with E-state index in [9.17, 15) is 10.2 Å². The summed E-state index contributed by atoms with van der Waals surface area (Å²) in [6.07, 6.45) is 6.28. The molecule has 0 atom stereocenters. The largest absolute Gasteiger partial charge is 0.503 e. The number of aryl methyl sites for hydroxylation is 3. The molecule has 5 nitrogen and oxygen atoms in total. The number of rotatable bonds is 5. The summed E-state index contributed by atoms with van der Waals surface area (Å²) in [5.41, 5.74) is 5.01. The average molecular weight is 325 g/mol. The van der Waals surface area contributed by atoms with Crippen LogP contribution in [-0.2, 0) is 13.1 Å². The van der Waals surface area contributed by atoms with E-state index in [1.54, 1.807) is 17.1 Å². The minimum atomic E-state index is -0.0636. The molecular weight excluding hydrogens is 302 g/mol. The van der Waals surface area contributed by atoms with Gasteiger partial charge in [0, 0.05) is 31.0 Å². The van der Waals surface area contributed by atoms with Crippen molar-refractivity contribution in [3.63, 3.8) is 0 Å². The molecule has 0 spiro atoms. The van der Waals surface area contributed by atoms with Crippen molar-refractivity contribution < 1.29 is 10.2 Å². The Morgan fingerprint density at radius 2 is 1.83 bits per heavy atom. The van der Waals surface area contributed by atoms with Crippen LogP contribution in [0.2, 0.25) is 0 Å². The van der Waals surface area contributed by atoms with E-state index in [2.05, 4.69) is 31.0 Å². The van der Waals surface area contributed by atoms with Crippen molar-refractivity contribution in [3.05, 3.63) is 53.6 Å². The number of imidazole rings is 1. The average Bonchev–Trinajstić information content (AvgIpc) is 3.14. The molecule has 0 radical (unpaired) electrons. The first-order valence-electron chi connectivity index (χ1n) is 8.13. The molecule has 5 heteroatoms. The summed E-state index contributed by atoms with van der Waals surface area (Å²) in [7, 11) is 0. The molecule has 2 heterocycles. The van der Waals surface area contributed by atoms with Gasteiger partial charge in [0.2, 0.25) is 5.88 Å². The minimum Gasteiger partial charge on any atom is -0.503 e. The van der Waals surface area contributed by atoms with E-state index in [0.717, 1.165) is 24.2 Å². The van der Waals surface area contributed by atoms with Crippen molar-refractivity contribution in [3.8, 4) is 22.9 Å². The second-order valence-electron chi connectivity index (χ2n) is 6.25. The summed E-state index contributed by atoms with van der Waals surface area (Å²) >= 11 is 0. The highest BCUT2D eigenvalue weighted by atomic mass is 16.3. The lowest BCUT2D eigenvalue weighted by Crippen LogP contribution is -2.04. The molecule has 0 fully saturated rings. The highest BCUT2D eigenvalue weighted by molar-refractivity contribution is 5.71. The standard InChI is InChI=1S/C19H23N3O2/c1-13-5-6-16(11-14(13)2)17-15(3)18(23)19(24)22(17)9-4-8-21-10-7-20-12-21/h5-7,10-12,23-24H,4,8-9H2,1-3H3. The predicted molar refractivity (Wildman–Crippen MR) is 94.3 cm³/mol. The molecule has 2 aromatic heterocycles. The van der Waals surface area contributed by atoms with Gasteiger partial charge in [-0.15, -0.1) is 0 Å². The molecule has 0 unspecified atom stereocenters. The summed E-state index contributed by atoms with van der Waals surface area (Å²) in [4.78, 5) is 4.03. The zero-order valence-corrected chi connectivity index (χ0v) is 14.3. The summed E-state index contributed by atoms with van der Waals surface area (Å²) in [6.45, 7) is 7.41. The van der Waals surface area contributed by atoms with Crippen LogP contribution in [0.4, 0.5) is 0 Å². The number of aromatic nitrogens is 3. The number of aromatic hydroxyl groups is 2. The molecule has 0 saturated heterocycles. The van der Waals surface area contributed by atoms with Gasteiger partial charge < -0.3 is 19.3 Å². The van der Waals surface area contributed by atoms with Gasteiger partial charge in [0.25, 0.3) is 0 Å². The van der Waals surface area contributed by atoms with Crippen molar-refractivity contribution >= 4 is 0 Å². The van der Waals surface area contributed by atoms with Gasteiger partial charge in [0.15, 0.2) is 5.75 Å². The first-order chi connectivity index (χ1) is 11.5. The third-order valence-electron chi connectivity index (χ3n) is 4.59. The topological polar surface area (TPSA) is 63.2 Å². The number of hydrogen-bond donors (Lipinski definition) is 2. The van der Waals surface area contributed by atoms with Gasteiger partial charge in [-0.2, -0.15) is 0 Å². The van der Waals surface area contributed by atoms with E-state index in [4.69, 9.17) is 0 Å². The Kier molecular flexibility index (Phi) is 4.34. The number of nitrogens with zero attached hydrogens (tertiary/aromatic N) is 3. The van der Waals surface area contributed by atoms with E-state index in [0.29, 0.717) is 12.1 Å². The first kappa shape index (κ1) is 16.2. The van der Waals surface area contributed by atoms with Crippen molar-refractivity contribution in [1.29, 1.82) is 0 Å². The van der Waals surface area contributed by atoms with Gasteiger partial charge >= 0.3 is 0 Å². The molecular formula is C19H23N3O2. The zero-order chi connectivity index (χ0) is 17.3.